The average molecular weight is 107 g/mol. The molecular weight excluding hydrogens is 104 g/mol. The largest absolute Gasteiger partial charge is 0.512 e. The van der Waals surface area contributed by atoms with Crippen LogP contribution in [0.2, 0.25) is 0 Å². The summed E-state index contributed by atoms with van der Waals surface area (Å²) in [6, 6.07) is 1.72. The van der Waals surface area contributed by atoms with Crippen molar-refractivity contribution >= 4 is 0 Å². The van der Waals surface area contributed by atoms with E-state index in [4.69, 9.17) is 11.8 Å². The van der Waals surface area contributed by atoms with Gasteiger partial charge in [-0.3, -0.25) is 0 Å². The van der Waals surface area contributed by atoms with Crippen molar-refractivity contribution in [2.45, 2.75) is 0 Å². The molecule has 0 radical (unpaired) electrons. The molecule has 40 valence electrons. The van der Waals surface area contributed by atoms with Gasteiger partial charge in [-0.05, 0) is 11.3 Å². The summed E-state index contributed by atoms with van der Waals surface area (Å²) >= 11 is 0. The van der Waals surface area contributed by atoms with Gasteiger partial charge in [-0.2, -0.15) is 0 Å². The van der Waals surface area contributed by atoms with Gasteiger partial charge in [0.1, 0.15) is 0 Å². The van der Waals surface area contributed by atoms with Gasteiger partial charge in [0.15, 0.2) is 0 Å². The van der Waals surface area contributed by atoms with E-state index in [0.29, 0.717) is 0 Å². The van der Waals surface area contributed by atoms with E-state index in [1.807, 2.05) is 0 Å². The zero-order chi connectivity index (χ0) is 6.24. The lowest BCUT2D eigenvalue weighted by molar-refractivity contribution is 0.865. The lowest BCUT2D eigenvalue weighted by Gasteiger charge is -1.68. The van der Waals surface area contributed by atoms with E-state index >= 15 is 0 Å². The first kappa shape index (κ1) is 6.50. The van der Waals surface area contributed by atoms with Gasteiger partial charge in [0, 0.05) is 0 Å². The Morgan fingerprint density at radius 3 is 1.75 bits per heavy atom. The Labute approximate surface area is 46.8 Å². The van der Waals surface area contributed by atoms with Crippen LogP contribution >= 0.6 is 0 Å². The van der Waals surface area contributed by atoms with Gasteiger partial charge >= 0.3 is 0 Å². The molecule has 0 aliphatic heterocycles. The molecule has 1 aromatic rings. The van der Waals surface area contributed by atoms with E-state index in [1.165, 1.54) is 0 Å². The zero-order valence-electron chi connectivity index (χ0n) is 4.02. The topological polar surface area (TPSA) is 62.5 Å². The van der Waals surface area contributed by atoms with Crippen molar-refractivity contribution in [3.05, 3.63) is 25.0 Å². The molecule has 0 spiro atoms. The molecule has 4 heteroatoms. The molecule has 0 fully saturated rings. The van der Waals surface area contributed by atoms with Gasteiger partial charge < -0.3 is 11.8 Å². The van der Waals surface area contributed by atoms with Crippen LogP contribution in [0.3, 0.4) is 0 Å². The molecule has 0 bridgehead atoms. The number of hydrogen-bond acceptors (Lipinski definition) is 4. The molecule has 0 saturated heterocycles. The highest BCUT2D eigenvalue weighted by Crippen LogP contribution is 1.61. The van der Waals surface area contributed by atoms with Gasteiger partial charge in [-0.15, -0.1) is 10.2 Å². The Morgan fingerprint density at radius 2 is 1.62 bits per heavy atom. The monoisotopic (exact) mass is 107 g/mol. The highest BCUT2D eigenvalue weighted by Gasteiger charge is 1.60. The molecule has 1 heterocycles. The number of rotatable bonds is 0. The van der Waals surface area contributed by atoms with Gasteiger partial charge in [0.2, 0.25) is 0 Å². The molecule has 0 aliphatic rings. The predicted molar refractivity (Wildman–Crippen MR) is 24.8 cm³/mol. The van der Waals surface area contributed by atoms with E-state index < -0.39 is 0 Å². The quantitative estimate of drug-likeness (QED) is 0.436. The van der Waals surface area contributed by atoms with Crippen LogP contribution in [0.5, 0.6) is 0 Å². The second-order valence-electron chi connectivity index (χ2n) is 0.811. The van der Waals surface area contributed by atoms with Gasteiger partial charge in [-0.1, -0.05) is 0 Å². The standard InChI is InChI=1S/C3H3N3.CN/c1-2-4-6-5-3-1;1-2/h1-3H;/q;-1. The summed E-state index contributed by atoms with van der Waals surface area (Å²) in [5.74, 6) is 0. The van der Waals surface area contributed by atoms with Crippen molar-refractivity contribution < 1.29 is 0 Å². The van der Waals surface area contributed by atoms with Gasteiger partial charge in [0.05, 0.1) is 12.4 Å². The van der Waals surface area contributed by atoms with E-state index in [1.54, 1.807) is 18.5 Å². The molecule has 0 atom stereocenters. The third-order valence-electron chi connectivity index (χ3n) is 0.409. The van der Waals surface area contributed by atoms with Crippen molar-refractivity contribution in [2.24, 2.45) is 0 Å². The summed E-state index contributed by atoms with van der Waals surface area (Å²) in [6.45, 7) is 4.75. The maximum Gasteiger partial charge on any atom is 0.0529 e. The summed E-state index contributed by atoms with van der Waals surface area (Å²) in [4.78, 5) is 0. The van der Waals surface area contributed by atoms with E-state index in [-0.39, 0.29) is 0 Å². The first-order chi connectivity index (χ1) is 4.00. The van der Waals surface area contributed by atoms with Crippen LogP contribution in [0.4, 0.5) is 0 Å². The second-order valence-corrected chi connectivity index (χ2v) is 0.811. The van der Waals surface area contributed by atoms with Gasteiger partial charge in [0.25, 0.3) is 0 Å². The molecule has 0 N–H and O–H groups in total. The third kappa shape index (κ3) is 2.72. The molecule has 0 amide bonds. The highest BCUT2D eigenvalue weighted by atomic mass is 15.3. The molecule has 0 saturated carbocycles. The molecular formula is C4H3N4-. The zero-order valence-corrected chi connectivity index (χ0v) is 4.02. The van der Waals surface area contributed by atoms with E-state index in [9.17, 15) is 0 Å². The molecule has 4 nitrogen and oxygen atoms in total. The van der Waals surface area contributed by atoms with Crippen molar-refractivity contribution in [1.82, 2.24) is 15.4 Å². The summed E-state index contributed by atoms with van der Waals surface area (Å²) in [6.07, 6.45) is 3.15. The number of aromatic nitrogens is 3. The number of hydrogen-bond donors (Lipinski definition) is 0. The summed E-state index contributed by atoms with van der Waals surface area (Å²) in [7, 11) is 0. The SMILES string of the molecule is [C-]#N.c1cnnnc1. The highest BCUT2D eigenvalue weighted by molar-refractivity contribution is 4.69. The van der Waals surface area contributed by atoms with Crippen LogP contribution in [-0.2, 0) is 0 Å². The first-order valence-corrected chi connectivity index (χ1v) is 1.81. The minimum atomic E-state index is 1.58. The summed E-state index contributed by atoms with van der Waals surface area (Å²) in [5.41, 5.74) is 0. The van der Waals surface area contributed by atoms with Crippen LogP contribution in [0.15, 0.2) is 18.5 Å². The van der Waals surface area contributed by atoms with Crippen molar-refractivity contribution in [3.63, 3.8) is 0 Å². The predicted octanol–water partition coefficient (Wildman–Crippen LogP) is -0.0320. The second kappa shape index (κ2) is 5.50. The normalized spacial score (nSPS) is 6.25. The molecule has 0 aliphatic carbocycles. The lowest BCUT2D eigenvalue weighted by Crippen LogP contribution is -1.78. The molecule has 8 heavy (non-hydrogen) atoms. The minimum Gasteiger partial charge on any atom is -0.512 e. The molecule has 0 unspecified atom stereocenters. The lowest BCUT2D eigenvalue weighted by atomic mass is 10.7. The van der Waals surface area contributed by atoms with Gasteiger partial charge in [-0.25, -0.2) is 0 Å². The van der Waals surface area contributed by atoms with E-state index in [2.05, 4.69) is 15.4 Å². The maximum absolute atomic E-state index is 6.25. The Hall–Kier alpha value is -1.50. The average Bonchev–Trinajstić information content (AvgIpc) is 1.96. The van der Waals surface area contributed by atoms with Crippen molar-refractivity contribution in [3.8, 4) is 0 Å². The third-order valence-corrected chi connectivity index (χ3v) is 0.409. The van der Waals surface area contributed by atoms with Crippen molar-refractivity contribution in [2.75, 3.05) is 0 Å². The Bertz CT molecular complexity index is 109. The van der Waals surface area contributed by atoms with Crippen LogP contribution in [0.1, 0.15) is 0 Å². The van der Waals surface area contributed by atoms with Crippen molar-refractivity contribution in [1.29, 1.82) is 5.26 Å². The van der Waals surface area contributed by atoms with Crippen LogP contribution in [0, 0.1) is 11.8 Å². The first-order valence-electron chi connectivity index (χ1n) is 1.81. The fourth-order valence-electron chi connectivity index (χ4n) is 0.205. The minimum absolute atomic E-state index is 1.58. The van der Waals surface area contributed by atoms with Crippen LogP contribution in [-0.4, -0.2) is 15.4 Å². The summed E-state index contributed by atoms with van der Waals surface area (Å²) in [5, 5.41) is 16.4. The Kier molecular flexibility index (Phi) is 4.47. The fraction of sp³-hybridized carbons (Fsp3) is 0. The summed E-state index contributed by atoms with van der Waals surface area (Å²) < 4.78 is 0. The molecule has 1 rings (SSSR count). The Morgan fingerprint density at radius 1 is 1.12 bits per heavy atom. The Balaban J connectivity index is 0.000000222. The molecule has 0 aromatic carbocycles. The van der Waals surface area contributed by atoms with Crippen LogP contribution < -0.4 is 0 Å². The maximum atomic E-state index is 6.25. The van der Waals surface area contributed by atoms with E-state index in [0.717, 1.165) is 0 Å². The molecule has 1 aromatic heterocycles. The fourth-order valence-corrected chi connectivity index (χ4v) is 0.205. The smallest absolute Gasteiger partial charge is 0.0529 e. The number of nitrogens with zero attached hydrogens (tertiary/aromatic N) is 4. The van der Waals surface area contributed by atoms with Crippen LogP contribution in [0.25, 0.3) is 0 Å².